The molecule has 0 fully saturated rings. The van der Waals surface area contributed by atoms with Crippen molar-refractivity contribution < 1.29 is 17.9 Å². The van der Waals surface area contributed by atoms with E-state index in [1.165, 1.54) is 12.1 Å². The van der Waals surface area contributed by atoms with Crippen LogP contribution < -0.4 is 4.74 Å². The first-order chi connectivity index (χ1) is 8.54. The predicted molar refractivity (Wildman–Crippen MR) is 64.0 cm³/mol. The van der Waals surface area contributed by atoms with Gasteiger partial charge in [-0.1, -0.05) is 42.5 Å². The molecule has 94 valence electrons. The van der Waals surface area contributed by atoms with Crippen molar-refractivity contribution in [2.24, 2.45) is 0 Å². The fourth-order valence-electron chi connectivity index (χ4n) is 1.62. The standard InChI is InChI=1S/C14H11F3O/c15-14(16,17)18-13-9-7-12(8-10-13)11-5-3-1-2-4-6-11/h1,3-10H,2H2. The van der Waals surface area contributed by atoms with Crippen molar-refractivity contribution in [3.8, 4) is 5.75 Å². The summed E-state index contributed by atoms with van der Waals surface area (Å²) in [6.07, 6.45) is 6.00. The van der Waals surface area contributed by atoms with Crippen molar-refractivity contribution >= 4 is 5.57 Å². The molecule has 1 aromatic carbocycles. The van der Waals surface area contributed by atoms with Crippen molar-refractivity contribution in [1.29, 1.82) is 0 Å². The van der Waals surface area contributed by atoms with Gasteiger partial charge in [-0.2, -0.15) is 0 Å². The van der Waals surface area contributed by atoms with Crippen LogP contribution in [0, 0.1) is 0 Å². The summed E-state index contributed by atoms with van der Waals surface area (Å²) in [5.41, 5.74) is 1.81. The monoisotopic (exact) mass is 252 g/mol. The Morgan fingerprint density at radius 3 is 2.39 bits per heavy atom. The minimum Gasteiger partial charge on any atom is -0.406 e. The van der Waals surface area contributed by atoms with Crippen LogP contribution in [-0.2, 0) is 0 Å². The van der Waals surface area contributed by atoms with E-state index in [-0.39, 0.29) is 5.75 Å². The molecule has 0 saturated heterocycles. The number of hydrogen-bond donors (Lipinski definition) is 0. The van der Waals surface area contributed by atoms with Crippen LogP contribution >= 0.6 is 0 Å². The lowest BCUT2D eigenvalue weighted by molar-refractivity contribution is -0.274. The maximum Gasteiger partial charge on any atom is 0.573 e. The molecule has 0 bridgehead atoms. The van der Waals surface area contributed by atoms with Crippen molar-refractivity contribution in [3.63, 3.8) is 0 Å². The minimum atomic E-state index is -4.65. The van der Waals surface area contributed by atoms with E-state index in [1.807, 2.05) is 30.4 Å². The number of benzene rings is 1. The zero-order chi connectivity index (χ0) is 13.0. The molecule has 0 saturated carbocycles. The van der Waals surface area contributed by atoms with E-state index in [4.69, 9.17) is 0 Å². The molecule has 0 atom stereocenters. The molecule has 18 heavy (non-hydrogen) atoms. The third kappa shape index (κ3) is 3.52. The van der Waals surface area contributed by atoms with Crippen LogP contribution in [0.4, 0.5) is 13.2 Å². The van der Waals surface area contributed by atoms with E-state index < -0.39 is 6.36 Å². The van der Waals surface area contributed by atoms with Gasteiger partial charge in [0.25, 0.3) is 0 Å². The average Bonchev–Trinajstić information content (AvgIpc) is 2.56. The van der Waals surface area contributed by atoms with Crippen LogP contribution in [0.5, 0.6) is 5.75 Å². The minimum absolute atomic E-state index is 0.208. The van der Waals surface area contributed by atoms with Gasteiger partial charge < -0.3 is 4.74 Å². The third-order valence-electron chi connectivity index (χ3n) is 2.40. The first kappa shape index (κ1) is 12.5. The Kier molecular flexibility index (Phi) is 3.55. The van der Waals surface area contributed by atoms with Crippen LogP contribution in [0.15, 0.2) is 54.6 Å². The molecule has 4 heteroatoms. The van der Waals surface area contributed by atoms with Gasteiger partial charge >= 0.3 is 6.36 Å². The molecule has 1 nitrogen and oxygen atoms in total. The summed E-state index contributed by atoms with van der Waals surface area (Å²) in [6.45, 7) is 0. The number of allylic oxidation sites excluding steroid dienone is 6. The zero-order valence-corrected chi connectivity index (χ0v) is 9.45. The second-order valence-electron chi connectivity index (χ2n) is 3.76. The quantitative estimate of drug-likeness (QED) is 0.753. The average molecular weight is 252 g/mol. The molecule has 0 N–H and O–H groups in total. The largest absolute Gasteiger partial charge is 0.573 e. The van der Waals surface area contributed by atoms with Crippen molar-refractivity contribution in [2.45, 2.75) is 12.8 Å². The Morgan fingerprint density at radius 1 is 1.00 bits per heavy atom. The summed E-state index contributed by atoms with van der Waals surface area (Å²) in [4.78, 5) is 0. The van der Waals surface area contributed by atoms with Crippen molar-refractivity contribution in [1.82, 2.24) is 0 Å². The number of hydrogen-bond acceptors (Lipinski definition) is 1. The highest BCUT2D eigenvalue weighted by Gasteiger charge is 2.30. The number of ether oxygens (including phenoxy) is 1. The second kappa shape index (κ2) is 5.12. The molecule has 0 heterocycles. The Balaban J connectivity index is 2.17. The van der Waals surface area contributed by atoms with E-state index in [0.717, 1.165) is 17.6 Å². The smallest absolute Gasteiger partial charge is 0.406 e. The summed E-state index contributed by atoms with van der Waals surface area (Å²) in [5, 5.41) is 0. The van der Waals surface area contributed by atoms with Gasteiger partial charge in [0.1, 0.15) is 5.75 Å². The van der Waals surface area contributed by atoms with E-state index in [1.54, 1.807) is 12.1 Å². The van der Waals surface area contributed by atoms with E-state index in [2.05, 4.69) is 4.74 Å². The first-order valence-electron chi connectivity index (χ1n) is 5.44. The maximum atomic E-state index is 12.0. The normalized spacial score (nSPS) is 15.2. The molecular formula is C14H11F3O. The fraction of sp³-hybridized carbons (Fsp3) is 0.143. The van der Waals surface area contributed by atoms with Gasteiger partial charge in [-0.3, -0.25) is 0 Å². The SMILES string of the molecule is FC(F)(F)Oc1ccc(C2=CC=CCC=C2)cc1. The zero-order valence-electron chi connectivity index (χ0n) is 9.45. The maximum absolute atomic E-state index is 12.0. The molecule has 1 aliphatic rings. The molecule has 0 amide bonds. The van der Waals surface area contributed by atoms with Crippen LogP contribution in [-0.4, -0.2) is 6.36 Å². The van der Waals surface area contributed by atoms with E-state index in [0.29, 0.717) is 0 Å². The van der Waals surface area contributed by atoms with Gasteiger partial charge in [-0.15, -0.1) is 13.2 Å². The molecule has 2 rings (SSSR count). The topological polar surface area (TPSA) is 9.23 Å². The highest BCUT2D eigenvalue weighted by atomic mass is 19.4. The Bertz CT molecular complexity index is 493. The first-order valence-corrected chi connectivity index (χ1v) is 5.44. The van der Waals surface area contributed by atoms with Gasteiger partial charge in [-0.05, 0) is 29.7 Å². The van der Waals surface area contributed by atoms with Crippen LogP contribution in [0.25, 0.3) is 5.57 Å². The third-order valence-corrected chi connectivity index (χ3v) is 2.40. The van der Waals surface area contributed by atoms with Crippen LogP contribution in [0.1, 0.15) is 12.0 Å². The molecule has 1 aromatic rings. The lowest BCUT2D eigenvalue weighted by Crippen LogP contribution is -2.16. The molecular weight excluding hydrogens is 241 g/mol. The summed E-state index contributed by atoms with van der Waals surface area (Å²) in [7, 11) is 0. The lowest BCUT2D eigenvalue weighted by Gasteiger charge is -2.09. The number of rotatable bonds is 2. The number of alkyl halides is 3. The summed E-state index contributed by atoms with van der Waals surface area (Å²) >= 11 is 0. The molecule has 0 unspecified atom stereocenters. The van der Waals surface area contributed by atoms with Gasteiger partial charge in [0.05, 0.1) is 0 Å². The summed E-state index contributed by atoms with van der Waals surface area (Å²) in [5.74, 6) is -0.208. The second-order valence-corrected chi connectivity index (χ2v) is 3.76. The van der Waals surface area contributed by atoms with E-state index in [9.17, 15) is 13.2 Å². The van der Waals surface area contributed by atoms with Gasteiger partial charge in [0.15, 0.2) is 0 Å². The highest BCUT2D eigenvalue weighted by molar-refractivity contribution is 5.75. The molecule has 0 spiro atoms. The molecule has 0 radical (unpaired) electrons. The fourth-order valence-corrected chi connectivity index (χ4v) is 1.62. The Morgan fingerprint density at radius 2 is 1.72 bits per heavy atom. The van der Waals surface area contributed by atoms with Gasteiger partial charge in [0.2, 0.25) is 0 Å². The lowest BCUT2D eigenvalue weighted by atomic mass is 10.1. The summed E-state index contributed by atoms with van der Waals surface area (Å²) in [6, 6.07) is 5.84. The van der Waals surface area contributed by atoms with Gasteiger partial charge in [-0.25, -0.2) is 0 Å². The molecule has 1 aliphatic carbocycles. The molecule has 0 aromatic heterocycles. The highest BCUT2D eigenvalue weighted by Crippen LogP contribution is 2.25. The number of halogens is 3. The van der Waals surface area contributed by atoms with Crippen LogP contribution in [0.2, 0.25) is 0 Å². The Labute approximate surface area is 103 Å². The predicted octanol–water partition coefficient (Wildman–Crippen LogP) is 4.48. The van der Waals surface area contributed by atoms with Gasteiger partial charge in [0, 0.05) is 0 Å². The van der Waals surface area contributed by atoms with Crippen LogP contribution in [0.3, 0.4) is 0 Å². The van der Waals surface area contributed by atoms with E-state index >= 15 is 0 Å². The molecule has 0 aliphatic heterocycles. The van der Waals surface area contributed by atoms with Crippen molar-refractivity contribution in [3.05, 3.63) is 60.2 Å². The Hall–Kier alpha value is -1.97. The summed E-state index contributed by atoms with van der Waals surface area (Å²) < 4.78 is 39.8. The van der Waals surface area contributed by atoms with Crippen molar-refractivity contribution in [2.75, 3.05) is 0 Å².